The maximum atomic E-state index is 13.2. The molecule has 1 radical (unpaired) electrons. The number of hydrogen-bond acceptors (Lipinski definition) is 9. The molecule has 1 heterocycles. The minimum absolute atomic E-state index is 0.224. The Morgan fingerprint density at radius 3 is 1.30 bits per heavy atom. The third-order valence-corrected chi connectivity index (χ3v) is 6.55. The Balaban J connectivity index is 1.44. The first kappa shape index (κ1) is 29.2. The Morgan fingerprint density at radius 2 is 0.860 bits per heavy atom. The van der Waals surface area contributed by atoms with E-state index in [0.717, 1.165) is 0 Å². The Morgan fingerprint density at radius 1 is 0.488 bits per heavy atom. The third kappa shape index (κ3) is 7.52. The van der Waals surface area contributed by atoms with Gasteiger partial charge in [-0.15, -0.1) is 0 Å². The minimum atomic E-state index is -1.36. The summed E-state index contributed by atoms with van der Waals surface area (Å²) in [4.78, 5) is 52.2. The van der Waals surface area contributed by atoms with Gasteiger partial charge in [0.25, 0.3) is 0 Å². The molecule has 0 bridgehead atoms. The average molecular weight is 580 g/mol. The maximum Gasteiger partial charge on any atom is 0.338 e. The number of rotatable bonds is 9. The lowest BCUT2D eigenvalue weighted by atomic mass is 9.99. The predicted octanol–water partition coefficient (Wildman–Crippen LogP) is 5.08. The number of esters is 4. The lowest BCUT2D eigenvalue weighted by Crippen LogP contribution is -2.57. The summed E-state index contributed by atoms with van der Waals surface area (Å²) in [5.74, 6) is -2.84. The first-order valence-corrected chi connectivity index (χ1v) is 13.5. The van der Waals surface area contributed by atoms with Crippen molar-refractivity contribution in [2.24, 2.45) is 0 Å². The van der Waals surface area contributed by atoms with Gasteiger partial charge >= 0.3 is 23.9 Å². The Bertz CT molecular complexity index is 1530. The lowest BCUT2D eigenvalue weighted by Gasteiger charge is -2.40. The van der Waals surface area contributed by atoms with E-state index in [0.29, 0.717) is 5.56 Å². The van der Waals surface area contributed by atoms with E-state index in [-0.39, 0.29) is 23.3 Å². The molecule has 1 saturated heterocycles. The number of benzene rings is 4. The van der Waals surface area contributed by atoms with Gasteiger partial charge in [0, 0.05) is 0 Å². The van der Waals surface area contributed by atoms with E-state index in [9.17, 15) is 19.2 Å². The van der Waals surface area contributed by atoms with Crippen molar-refractivity contribution >= 4 is 23.9 Å². The molecule has 9 heteroatoms. The Hall–Kier alpha value is -5.28. The first-order chi connectivity index (χ1) is 21.0. The van der Waals surface area contributed by atoms with Crippen LogP contribution in [0.2, 0.25) is 0 Å². The zero-order valence-corrected chi connectivity index (χ0v) is 22.8. The molecule has 217 valence electrons. The van der Waals surface area contributed by atoms with E-state index in [1.165, 1.54) is 6.61 Å². The van der Waals surface area contributed by atoms with Gasteiger partial charge in [-0.2, -0.15) is 0 Å². The molecule has 0 N–H and O–H groups in total. The van der Waals surface area contributed by atoms with Gasteiger partial charge in [-0.3, -0.25) is 0 Å². The van der Waals surface area contributed by atoms with E-state index in [1.807, 2.05) is 0 Å². The smallest absolute Gasteiger partial charge is 0.338 e. The third-order valence-electron chi connectivity index (χ3n) is 6.55. The van der Waals surface area contributed by atoms with E-state index in [2.05, 4.69) is 0 Å². The van der Waals surface area contributed by atoms with Gasteiger partial charge in [0.05, 0.1) is 22.3 Å². The van der Waals surface area contributed by atoms with Crippen molar-refractivity contribution in [3.05, 3.63) is 150 Å². The van der Waals surface area contributed by atoms with Crippen molar-refractivity contribution in [1.82, 2.24) is 0 Å². The molecule has 0 unspecified atom stereocenters. The second kappa shape index (κ2) is 14.1. The van der Waals surface area contributed by atoms with Crippen LogP contribution < -0.4 is 0 Å². The predicted molar refractivity (Wildman–Crippen MR) is 153 cm³/mol. The molecule has 5 rings (SSSR count). The van der Waals surface area contributed by atoms with E-state index in [4.69, 9.17) is 23.7 Å². The molecule has 1 aliphatic heterocycles. The Labute approximate surface area is 247 Å². The van der Waals surface area contributed by atoms with Gasteiger partial charge in [-0.1, -0.05) is 72.8 Å². The van der Waals surface area contributed by atoms with Gasteiger partial charge in [0.2, 0.25) is 0 Å². The highest BCUT2D eigenvalue weighted by Gasteiger charge is 2.48. The topological polar surface area (TPSA) is 114 Å². The zero-order valence-electron chi connectivity index (χ0n) is 22.8. The fourth-order valence-electron chi connectivity index (χ4n) is 4.35. The maximum absolute atomic E-state index is 13.2. The second-order valence-electron chi connectivity index (χ2n) is 9.48. The highest BCUT2D eigenvalue weighted by molar-refractivity contribution is 5.91. The van der Waals surface area contributed by atoms with Crippen LogP contribution in [0.1, 0.15) is 41.4 Å². The van der Waals surface area contributed by atoms with Gasteiger partial charge in [0.1, 0.15) is 19.3 Å². The van der Waals surface area contributed by atoms with Gasteiger partial charge in [-0.05, 0) is 48.5 Å². The largest absolute Gasteiger partial charge is 0.459 e. The van der Waals surface area contributed by atoms with Crippen LogP contribution in [0.5, 0.6) is 0 Å². The minimum Gasteiger partial charge on any atom is -0.459 e. The zero-order chi connectivity index (χ0) is 30.0. The van der Waals surface area contributed by atoms with Crippen molar-refractivity contribution < 1.29 is 42.9 Å². The van der Waals surface area contributed by atoms with Crippen LogP contribution in [0.25, 0.3) is 0 Å². The highest BCUT2D eigenvalue weighted by Crippen LogP contribution is 2.29. The molecule has 9 nitrogen and oxygen atoms in total. The molecule has 1 fully saturated rings. The fourth-order valence-corrected chi connectivity index (χ4v) is 4.35. The number of carbonyl (C=O) groups is 4. The summed E-state index contributed by atoms with van der Waals surface area (Å²) >= 11 is 0. The SMILES string of the molecule is O=C(OC[C@H]1O[CH][C@H](OC(=O)c2ccccc2)[C@@H](OC(=O)c2ccccc2)[C@H]1OC(=O)c1ccccc1)c1ccccc1. The van der Waals surface area contributed by atoms with Crippen molar-refractivity contribution in [2.45, 2.75) is 24.4 Å². The summed E-state index contributed by atoms with van der Waals surface area (Å²) in [5, 5.41) is 0. The average Bonchev–Trinajstić information content (AvgIpc) is 3.07. The van der Waals surface area contributed by atoms with Crippen LogP contribution in [0.15, 0.2) is 121 Å². The molecular weight excluding hydrogens is 552 g/mol. The quantitative estimate of drug-likeness (QED) is 0.198. The van der Waals surface area contributed by atoms with Crippen LogP contribution in [0.3, 0.4) is 0 Å². The van der Waals surface area contributed by atoms with Gasteiger partial charge in [0.15, 0.2) is 18.3 Å². The molecule has 0 amide bonds. The summed E-state index contributed by atoms with van der Waals surface area (Å²) < 4.78 is 28.7. The van der Waals surface area contributed by atoms with Crippen molar-refractivity contribution in [2.75, 3.05) is 6.61 Å². The second-order valence-corrected chi connectivity index (χ2v) is 9.48. The summed E-state index contributed by atoms with van der Waals surface area (Å²) in [6.45, 7) is 0.813. The standard InChI is InChI=1S/C34H27O9/c35-31(23-13-5-1-6-14-23)40-21-27-29(42-33(37)25-17-9-3-10-18-25)30(43-34(38)26-19-11-4-12-20-26)28(22-39-27)41-32(36)24-15-7-2-8-16-24/h1-20,22,27-30H,21H2/t27-,28+,29+,30-/m1/s1. The van der Waals surface area contributed by atoms with Crippen LogP contribution in [-0.4, -0.2) is 54.9 Å². The molecule has 0 saturated carbocycles. The molecule has 0 aliphatic carbocycles. The lowest BCUT2D eigenvalue weighted by molar-refractivity contribution is -0.174. The number of ether oxygens (including phenoxy) is 5. The molecule has 4 aromatic carbocycles. The van der Waals surface area contributed by atoms with Crippen molar-refractivity contribution in [3.63, 3.8) is 0 Å². The van der Waals surface area contributed by atoms with Crippen LogP contribution in [0.4, 0.5) is 0 Å². The van der Waals surface area contributed by atoms with Crippen LogP contribution in [-0.2, 0) is 23.7 Å². The van der Waals surface area contributed by atoms with E-state index < -0.39 is 48.3 Å². The number of hydrogen-bond donors (Lipinski definition) is 0. The van der Waals surface area contributed by atoms with Crippen LogP contribution >= 0.6 is 0 Å². The molecule has 0 spiro atoms. The monoisotopic (exact) mass is 579 g/mol. The van der Waals surface area contributed by atoms with Crippen LogP contribution in [0, 0.1) is 6.61 Å². The first-order valence-electron chi connectivity index (χ1n) is 13.5. The highest BCUT2D eigenvalue weighted by atomic mass is 16.7. The molecule has 43 heavy (non-hydrogen) atoms. The molecule has 4 aromatic rings. The van der Waals surface area contributed by atoms with E-state index >= 15 is 0 Å². The van der Waals surface area contributed by atoms with Gasteiger partial charge < -0.3 is 23.7 Å². The van der Waals surface area contributed by atoms with Crippen molar-refractivity contribution in [1.29, 1.82) is 0 Å². The normalized spacial score (nSPS) is 19.4. The Kier molecular flexibility index (Phi) is 9.56. The summed E-state index contributed by atoms with van der Waals surface area (Å²) in [5.41, 5.74) is 1.01. The van der Waals surface area contributed by atoms with Gasteiger partial charge in [-0.25, -0.2) is 19.2 Å². The fraction of sp³-hybridized carbons (Fsp3) is 0.147. The van der Waals surface area contributed by atoms with E-state index in [1.54, 1.807) is 121 Å². The number of carbonyl (C=O) groups excluding carboxylic acids is 4. The van der Waals surface area contributed by atoms with Crippen molar-refractivity contribution in [3.8, 4) is 0 Å². The molecule has 1 aliphatic rings. The molecular formula is C34H27O9. The molecule has 0 aromatic heterocycles. The molecule has 4 atom stereocenters. The summed E-state index contributed by atoms with van der Waals surface area (Å²) in [7, 11) is 0. The summed E-state index contributed by atoms with van der Waals surface area (Å²) in [6, 6.07) is 32.9. The summed E-state index contributed by atoms with van der Waals surface area (Å²) in [6.07, 6.45) is -5.10.